The van der Waals surface area contributed by atoms with Gasteiger partial charge in [-0.25, -0.2) is 4.31 Å². The normalized spacial score (nSPS) is 22.1. The zero-order valence-corrected chi connectivity index (χ0v) is 7.07. The van der Waals surface area contributed by atoms with Gasteiger partial charge in [-0.2, -0.15) is 0 Å². The van der Waals surface area contributed by atoms with E-state index in [0.29, 0.717) is 0 Å². The number of nitrogens with zero attached hydrogens (tertiary/aromatic N) is 1. The Morgan fingerprint density at radius 3 is 2.38 bits per heavy atom. The molecule has 1 saturated heterocycles. The van der Waals surface area contributed by atoms with Crippen molar-refractivity contribution in [2.45, 2.75) is 12.8 Å². The highest BCUT2D eigenvalue weighted by Crippen LogP contribution is 2.31. The van der Waals surface area contributed by atoms with Crippen LogP contribution >= 0.6 is 32.5 Å². The molecular weight excluding hydrogens is 158 g/mol. The lowest BCUT2D eigenvalue weighted by Crippen LogP contribution is -2.06. The van der Waals surface area contributed by atoms with Crippen LogP contribution in [0.15, 0.2) is 0 Å². The second-order valence-corrected chi connectivity index (χ2v) is 4.84. The van der Waals surface area contributed by atoms with Crippen molar-refractivity contribution in [1.82, 2.24) is 4.31 Å². The van der Waals surface area contributed by atoms with Gasteiger partial charge in [-0.1, -0.05) is 11.7 Å². The lowest BCUT2D eigenvalue weighted by molar-refractivity contribution is 0.593. The molecule has 0 saturated carbocycles. The van der Waals surface area contributed by atoms with Gasteiger partial charge in [0.25, 0.3) is 0 Å². The van der Waals surface area contributed by atoms with Crippen molar-refractivity contribution < 1.29 is 0 Å². The summed E-state index contributed by atoms with van der Waals surface area (Å²) in [6, 6.07) is 0. The lowest BCUT2D eigenvalue weighted by Gasteiger charge is -2.07. The van der Waals surface area contributed by atoms with Crippen molar-refractivity contribution in [1.29, 1.82) is 0 Å². The van der Waals surface area contributed by atoms with Crippen molar-refractivity contribution in [3.63, 3.8) is 0 Å². The Balaban J connectivity index is 2.06. The average Bonchev–Trinajstić information content (AvgIpc) is 2.19. The van der Waals surface area contributed by atoms with Gasteiger partial charge < -0.3 is 0 Å². The third-order valence-corrected chi connectivity index (χ3v) is 3.28. The fraction of sp³-hybridized carbons (Fsp3) is 1.00. The summed E-state index contributed by atoms with van der Waals surface area (Å²) < 4.78 is 2.34. The predicted molar refractivity (Wildman–Crippen MR) is 45.0 cm³/mol. The molecule has 0 aromatic carbocycles. The van der Waals surface area contributed by atoms with E-state index in [1.807, 2.05) is 0 Å². The van der Waals surface area contributed by atoms with E-state index in [-0.39, 0.29) is 0 Å². The summed E-state index contributed by atoms with van der Waals surface area (Å²) in [4.78, 5) is 0. The van der Waals surface area contributed by atoms with Crippen molar-refractivity contribution >= 4 is 32.5 Å². The molecule has 0 N–H and O–H groups in total. The standard InChI is InChI=1S/C4H9NS3/c6-8-7-5-3-1-2-4-5/h6H,1-4H2. The Morgan fingerprint density at radius 1 is 1.25 bits per heavy atom. The molecule has 0 unspecified atom stereocenters. The minimum Gasteiger partial charge on any atom is -0.241 e. The third-order valence-electron chi connectivity index (χ3n) is 1.20. The number of thiol groups is 1. The predicted octanol–water partition coefficient (Wildman–Crippen LogP) is 2.22. The Bertz CT molecular complexity index is 62.3. The first-order chi connectivity index (χ1) is 3.93. The molecule has 48 valence electrons. The van der Waals surface area contributed by atoms with Crippen molar-refractivity contribution in [2.75, 3.05) is 13.1 Å². The van der Waals surface area contributed by atoms with E-state index in [4.69, 9.17) is 0 Å². The Morgan fingerprint density at radius 2 is 1.88 bits per heavy atom. The quantitative estimate of drug-likeness (QED) is 0.382. The van der Waals surface area contributed by atoms with Crippen LogP contribution in [0.4, 0.5) is 0 Å². The maximum atomic E-state index is 4.03. The molecule has 1 rings (SSSR count). The van der Waals surface area contributed by atoms with Gasteiger partial charge >= 0.3 is 0 Å². The van der Waals surface area contributed by atoms with E-state index in [1.165, 1.54) is 35.8 Å². The number of hydrogen-bond donors (Lipinski definition) is 1. The average molecular weight is 167 g/mol. The maximum absolute atomic E-state index is 4.03. The van der Waals surface area contributed by atoms with Crippen LogP contribution in [0.25, 0.3) is 0 Å². The molecule has 0 aliphatic carbocycles. The summed E-state index contributed by atoms with van der Waals surface area (Å²) in [6.45, 7) is 2.50. The van der Waals surface area contributed by atoms with Crippen molar-refractivity contribution in [3.8, 4) is 0 Å². The Hall–Kier alpha value is 1.01. The van der Waals surface area contributed by atoms with Crippen molar-refractivity contribution in [2.24, 2.45) is 0 Å². The smallest absolute Gasteiger partial charge is 0.00979 e. The molecule has 4 heteroatoms. The summed E-state index contributed by atoms with van der Waals surface area (Å²) in [7, 11) is 3.29. The van der Waals surface area contributed by atoms with Crippen LogP contribution in [-0.2, 0) is 0 Å². The molecule has 0 bridgehead atoms. The molecule has 0 spiro atoms. The molecule has 0 aromatic heterocycles. The topological polar surface area (TPSA) is 3.24 Å². The fourth-order valence-corrected chi connectivity index (χ4v) is 2.89. The summed E-state index contributed by atoms with van der Waals surface area (Å²) in [5, 5.41) is 0. The molecule has 1 aliphatic heterocycles. The molecule has 1 heterocycles. The van der Waals surface area contributed by atoms with Crippen LogP contribution in [0.1, 0.15) is 12.8 Å². The van der Waals surface area contributed by atoms with E-state index < -0.39 is 0 Å². The second kappa shape index (κ2) is 3.93. The molecule has 0 aromatic rings. The molecule has 0 radical (unpaired) electrons. The number of rotatable bonds is 2. The van der Waals surface area contributed by atoms with Crippen molar-refractivity contribution in [3.05, 3.63) is 0 Å². The van der Waals surface area contributed by atoms with Gasteiger partial charge in [0.2, 0.25) is 0 Å². The second-order valence-electron chi connectivity index (χ2n) is 1.79. The molecule has 0 atom stereocenters. The lowest BCUT2D eigenvalue weighted by atomic mass is 10.4. The molecule has 1 nitrogen and oxygen atoms in total. The zero-order valence-electron chi connectivity index (χ0n) is 4.54. The highest BCUT2D eigenvalue weighted by molar-refractivity contribution is 9.04. The first-order valence-electron chi connectivity index (χ1n) is 2.66. The molecule has 8 heavy (non-hydrogen) atoms. The van der Waals surface area contributed by atoms with Gasteiger partial charge in [-0.05, 0) is 22.7 Å². The largest absolute Gasteiger partial charge is 0.241 e. The summed E-state index contributed by atoms with van der Waals surface area (Å²) >= 11 is 4.03. The van der Waals surface area contributed by atoms with E-state index in [1.54, 1.807) is 11.0 Å². The maximum Gasteiger partial charge on any atom is 0.00979 e. The summed E-state index contributed by atoms with van der Waals surface area (Å²) in [6.07, 6.45) is 2.72. The van der Waals surface area contributed by atoms with Crippen LogP contribution in [0.5, 0.6) is 0 Å². The van der Waals surface area contributed by atoms with E-state index in [9.17, 15) is 0 Å². The summed E-state index contributed by atoms with van der Waals surface area (Å²) in [5.41, 5.74) is 0. The van der Waals surface area contributed by atoms with E-state index >= 15 is 0 Å². The van der Waals surface area contributed by atoms with Gasteiger partial charge in [0, 0.05) is 24.1 Å². The van der Waals surface area contributed by atoms with Crippen LogP contribution in [-0.4, -0.2) is 17.4 Å². The van der Waals surface area contributed by atoms with E-state index in [0.717, 1.165) is 0 Å². The van der Waals surface area contributed by atoms with Gasteiger partial charge in [0.15, 0.2) is 0 Å². The number of hydrogen-bond acceptors (Lipinski definition) is 4. The molecule has 1 fully saturated rings. The minimum absolute atomic E-state index is 1.25. The van der Waals surface area contributed by atoms with Crippen LogP contribution in [0, 0.1) is 0 Å². The van der Waals surface area contributed by atoms with Gasteiger partial charge in [0.05, 0.1) is 0 Å². The molecule has 0 amide bonds. The van der Waals surface area contributed by atoms with Crippen LogP contribution in [0.2, 0.25) is 0 Å². The van der Waals surface area contributed by atoms with E-state index in [2.05, 4.69) is 16.0 Å². The zero-order chi connectivity index (χ0) is 5.82. The molecule has 1 aliphatic rings. The fourth-order valence-electron chi connectivity index (χ4n) is 0.810. The Kier molecular flexibility index (Phi) is 3.50. The first kappa shape index (κ1) is 7.12. The SMILES string of the molecule is SSSN1CCCC1. The highest BCUT2D eigenvalue weighted by atomic mass is 33.5. The third kappa shape index (κ3) is 2.09. The van der Waals surface area contributed by atoms with Crippen LogP contribution in [0.3, 0.4) is 0 Å². The monoisotopic (exact) mass is 167 g/mol. The van der Waals surface area contributed by atoms with Gasteiger partial charge in [-0.3, -0.25) is 0 Å². The minimum atomic E-state index is 1.25. The van der Waals surface area contributed by atoms with Gasteiger partial charge in [-0.15, -0.1) is 0 Å². The first-order valence-corrected chi connectivity index (χ1v) is 5.82. The van der Waals surface area contributed by atoms with Crippen LogP contribution < -0.4 is 0 Å². The Labute approximate surface area is 62.9 Å². The molecular formula is C4H9NS3. The van der Waals surface area contributed by atoms with Gasteiger partial charge in [0.1, 0.15) is 0 Å². The highest BCUT2D eigenvalue weighted by Gasteiger charge is 2.10. The summed E-state index contributed by atoms with van der Waals surface area (Å²) in [5.74, 6) is 0.